The summed E-state index contributed by atoms with van der Waals surface area (Å²) in [6.07, 6.45) is 2.98. The number of hydrogen-bond acceptors (Lipinski definition) is 2. The number of rotatable bonds is 3. The summed E-state index contributed by atoms with van der Waals surface area (Å²) in [4.78, 5) is 29.0. The first-order chi connectivity index (χ1) is 11.6. The van der Waals surface area contributed by atoms with Crippen LogP contribution in [0.4, 0.5) is 4.39 Å². The Hall–Kier alpha value is -2.34. The number of likely N-dealkylation sites (tertiary alicyclic amines) is 1. The van der Waals surface area contributed by atoms with Crippen molar-refractivity contribution in [2.75, 3.05) is 13.1 Å². The summed E-state index contributed by atoms with van der Waals surface area (Å²) in [5.41, 5.74) is 0.686. The fraction of sp³-hybridized carbons (Fsp3) is 0.294. The van der Waals surface area contributed by atoms with Crippen LogP contribution in [-0.2, 0) is 0 Å². The van der Waals surface area contributed by atoms with E-state index in [1.807, 2.05) is 0 Å². The lowest BCUT2D eigenvalue weighted by Gasteiger charge is -2.32. The second kappa shape index (κ2) is 7.05. The van der Waals surface area contributed by atoms with E-state index in [9.17, 15) is 14.0 Å². The van der Waals surface area contributed by atoms with Crippen molar-refractivity contribution < 1.29 is 14.0 Å². The first-order valence-corrected chi connectivity index (χ1v) is 8.11. The van der Waals surface area contributed by atoms with Gasteiger partial charge in [0.15, 0.2) is 0 Å². The second-order valence-electron chi connectivity index (χ2n) is 5.73. The van der Waals surface area contributed by atoms with Gasteiger partial charge >= 0.3 is 0 Å². The molecule has 0 radical (unpaired) electrons. The zero-order valence-corrected chi connectivity index (χ0v) is 13.6. The molecule has 1 aliphatic heterocycles. The van der Waals surface area contributed by atoms with Crippen molar-refractivity contribution in [1.29, 1.82) is 0 Å². The van der Waals surface area contributed by atoms with E-state index in [4.69, 9.17) is 11.6 Å². The maximum Gasteiger partial charge on any atom is 0.267 e. The van der Waals surface area contributed by atoms with Gasteiger partial charge in [-0.3, -0.25) is 9.59 Å². The highest BCUT2D eigenvalue weighted by atomic mass is 35.5. The molecule has 1 aliphatic rings. The van der Waals surface area contributed by atoms with E-state index < -0.39 is 5.82 Å². The van der Waals surface area contributed by atoms with Crippen molar-refractivity contribution in [3.05, 3.63) is 58.6 Å². The van der Waals surface area contributed by atoms with Crippen LogP contribution in [0.15, 0.2) is 36.5 Å². The van der Waals surface area contributed by atoms with Gasteiger partial charge in [0, 0.05) is 25.3 Å². The van der Waals surface area contributed by atoms with Gasteiger partial charge < -0.3 is 15.2 Å². The Morgan fingerprint density at radius 3 is 2.62 bits per heavy atom. The number of aromatic amines is 1. The standard InChI is InChI=1S/C17H17ClFN3O2/c18-15-12(3-1-4-13(15)19)17(24)22-9-6-11(7-10-22)21-16(23)14-5-2-8-20-14/h1-5,8,11,20H,6-7,9-10H2,(H,21,23). The van der Waals surface area contributed by atoms with Crippen LogP contribution in [0.3, 0.4) is 0 Å². The van der Waals surface area contributed by atoms with Gasteiger partial charge in [-0.2, -0.15) is 0 Å². The van der Waals surface area contributed by atoms with Crippen LogP contribution in [0.25, 0.3) is 0 Å². The van der Waals surface area contributed by atoms with E-state index in [0.717, 1.165) is 0 Å². The Kier molecular flexibility index (Phi) is 4.85. The first kappa shape index (κ1) is 16.5. The molecule has 0 bridgehead atoms. The predicted molar refractivity (Wildman–Crippen MR) is 88.6 cm³/mol. The van der Waals surface area contributed by atoms with E-state index in [1.54, 1.807) is 23.2 Å². The Morgan fingerprint density at radius 2 is 1.96 bits per heavy atom. The summed E-state index contributed by atoms with van der Waals surface area (Å²) >= 11 is 5.88. The molecule has 2 heterocycles. The fourth-order valence-electron chi connectivity index (χ4n) is 2.80. The number of carbonyl (C=O) groups is 2. The minimum atomic E-state index is -0.601. The van der Waals surface area contributed by atoms with Gasteiger partial charge in [0.25, 0.3) is 11.8 Å². The normalized spacial score (nSPS) is 15.3. The van der Waals surface area contributed by atoms with Crippen molar-refractivity contribution in [3.8, 4) is 0 Å². The Balaban J connectivity index is 1.58. The number of nitrogens with one attached hydrogen (secondary N) is 2. The summed E-state index contributed by atoms with van der Waals surface area (Å²) in [5.74, 6) is -1.04. The van der Waals surface area contributed by atoms with E-state index in [1.165, 1.54) is 18.2 Å². The number of nitrogens with zero attached hydrogens (tertiary/aromatic N) is 1. The molecule has 7 heteroatoms. The molecular weight excluding hydrogens is 333 g/mol. The summed E-state index contributed by atoms with van der Waals surface area (Å²) in [6.45, 7) is 0.975. The van der Waals surface area contributed by atoms with Crippen LogP contribution in [-0.4, -0.2) is 40.8 Å². The summed E-state index contributed by atoms with van der Waals surface area (Å²) < 4.78 is 13.5. The Morgan fingerprint density at radius 1 is 1.21 bits per heavy atom. The van der Waals surface area contributed by atoms with Gasteiger partial charge in [-0.05, 0) is 37.1 Å². The lowest BCUT2D eigenvalue weighted by Crippen LogP contribution is -2.46. The zero-order valence-electron chi connectivity index (χ0n) is 12.9. The number of aromatic nitrogens is 1. The molecule has 1 fully saturated rings. The largest absolute Gasteiger partial charge is 0.357 e. The molecule has 1 aromatic heterocycles. The third kappa shape index (κ3) is 3.43. The van der Waals surface area contributed by atoms with Gasteiger partial charge in [-0.1, -0.05) is 17.7 Å². The minimum Gasteiger partial charge on any atom is -0.357 e. The van der Waals surface area contributed by atoms with Gasteiger partial charge in [0.2, 0.25) is 0 Å². The van der Waals surface area contributed by atoms with Crippen LogP contribution >= 0.6 is 11.6 Å². The van der Waals surface area contributed by atoms with E-state index in [-0.39, 0.29) is 28.4 Å². The molecule has 2 amide bonds. The van der Waals surface area contributed by atoms with Gasteiger partial charge in [-0.25, -0.2) is 4.39 Å². The number of benzene rings is 1. The van der Waals surface area contributed by atoms with Crippen molar-refractivity contribution >= 4 is 23.4 Å². The second-order valence-corrected chi connectivity index (χ2v) is 6.10. The van der Waals surface area contributed by atoms with Crippen molar-refractivity contribution in [2.24, 2.45) is 0 Å². The topological polar surface area (TPSA) is 65.2 Å². The Labute approximate surface area is 143 Å². The number of hydrogen-bond donors (Lipinski definition) is 2. The van der Waals surface area contributed by atoms with Gasteiger partial charge in [0.1, 0.15) is 11.5 Å². The van der Waals surface area contributed by atoms with Crippen LogP contribution in [0.2, 0.25) is 5.02 Å². The maximum absolute atomic E-state index is 13.5. The molecule has 0 aliphatic carbocycles. The average molecular weight is 350 g/mol. The van der Waals surface area contributed by atoms with E-state index in [0.29, 0.717) is 31.6 Å². The van der Waals surface area contributed by atoms with Crippen LogP contribution in [0.5, 0.6) is 0 Å². The lowest BCUT2D eigenvalue weighted by molar-refractivity contribution is 0.0697. The molecule has 2 aromatic rings. The molecule has 126 valence electrons. The number of halogens is 2. The molecule has 1 aromatic carbocycles. The molecule has 0 spiro atoms. The average Bonchev–Trinajstić information content (AvgIpc) is 3.12. The summed E-state index contributed by atoms with van der Waals surface area (Å²) in [6, 6.07) is 7.69. The summed E-state index contributed by atoms with van der Waals surface area (Å²) in [7, 11) is 0. The SMILES string of the molecule is O=C(NC1CCN(C(=O)c2cccc(F)c2Cl)CC1)c1ccc[nH]1. The summed E-state index contributed by atoms with van der Waals surface area (Å²) in [5, 5.41) is 2.80. The molecule has 2 N–H and O–H groups in total. The highest BCUT2D eigenvalue weighted by Crippen LogP contribution is 2.23. The molecule has 24 heavy (non-hydrogen) atoms. The highest BCUT2D eigenvalue weighted by Gasteiger charge is 2.26. The third-order valence-electron chi connectivity index (χ3n) is 4.14. The zero-order chi connectivity index (χ0) is 17.1. The van der Waals surface area contributed by atoms with Gasteiger partial charge in [-0.15, -0.1) is 0 Å². The molecule has 5 nitrogen and oxygen atoms in total. The molecule has 0 saturated carbocycles. The van der Waals surface area contributed by atoms with Crippen LogP contribution in [0, 0.1) is 5.82 Å². The lowest BCUT2D eigenvalue weighted by atomic mass is 10.0. The molecule has 1 saturated heterocycles. The molecule has 0 unspecified atom stereocenters. The predicted octanol–water partition coefficient (Wildman–Crippen LogP) is 2.84. The number of H-pyrrole nitrogens is 1. The van der Waals surface area contributed by atoms with Crippen molar-refractivity contribution in [1.82, 2.24) is 15.2 Å². The van der Waals surface area contributed by atoms with Gasteiger partial charge in [0.05, 0.1) is 10.6 Å². The Bertz CT molecular complexity index is 740. The number of piperidine rings is 1. The third-order valence-corrected chi connectivity index (χ3v) is 4.53. The smallest absolute Gasteiger partial charge is 0.267 e. The first-order valence-electron chi connectivity index (χ1n) is 7.74. The van der Waals surface area contributed by atoms with Crippen LogP contribution in [0.1, 0.15) is 33.7 Å². The van der Waals surface area contributed by atoms with E-state index >= 15 is 0 Å². The maximum atomic E-state index is 13.5. The van der Waals surface area contributed by atoms with E-state index in [2.05, 4.69) is 10.3 Å². The minimum absolute atomic E-state index is 0.00725. The van der Waals surface area contributed by atoms with Crippen molar-refractivity contribution in [3.63, 3.8) is 0 Å². The molecule has 0 atom stereocenters. The molecule has 3 rings (SSSR count). The number of amides is 2. The monoisotopic (exact) mass is 349 g/mol. The quantitative estimate of drug-likeness (QED) is 0.895. The molecular formula is C17H17ClFN3O2. The van der Waals surface area contributed by atoms with Crippen LogP contribution < -0.4 is 5.32 Å². The fourth-order valence-corrected chi connectivity index (χ4v) is 3.01. The van der Waals surface area contributed by atoms with Crippen molar-refractivity contribution in [2.45, 2.75) is 18.9 Å². The number of carbonyl (C=O) groups excluding carboxylic acids is 2. The highest BCUT2D eigenvalue weighted by molar-refractivity contribution is 6.34.